The molecule has 1 aromatic carbocycles. The Balaban J connectivity index is 1.42. The zero-order valence-corrected chi connectivity index (χ0v) is 15.1. The van der Waals surface area contributed by atoms with Crippen LogP contribution in [0.5, 0.6) is 0 Å². The Kier molecular flexibility index (Phi) is 5.63. The molecule has 5 heteroatoms. The van der Waals surface area contributed by atoms with Crippen molar-refractivity contribution in [3.05, 3.63) is 47.5 Å². The van der Waals surface area contributed by atoms with Crippen LogP contribution in [0.1, 0.15) is 30.1 Å². The van der Waals surface area contributed by atoms with Gasteiger partial charge in [-0.3, -0.25) is 4.90 Å². The molecule has 0 spiro atoms. The number of likely N-dealkylation sites (tertiary alicyclic amines) is 1. The van der Waals surface area contributed by atoms with Crippen LogP contribution in [0.25, 0.3) is 0 Å². The highest BCUT2D eigenvalue weighted by molar-refractivity contribution is 5.14. The van der Waals surface area contributed by atoms with Gasteiger partial charge in [-0.25, -0.2) is 0 Å². The zero-order chi connectivity index (χ0) is 16.9. The van der Waals surface area contributed by atoms with Crippen LogP contribution < -0.4 is 0 Å². The molecule has 1 aliphatic heterocycles. The maximum absolute atomic E-state index is 4.29. The number of hydrogen-bond acceptors (Lipinski definition) is 4. The third-order valence-electron chi connectivity index (χ3n) is 5.23. The van der Waals surface area contributed by atoms with Crippen molar-refractivity contribution in [2.75, 3.05) is 26.7 Å². The topological polar surface area (TPSA) is 37.2 Å². The summed E-state index contributed by atoms with van der Waals surface area (Å²) in [6.45, 7) is 6.45. The average Bonchev–Trinajstić information content (AvgIpc) is 3.18. The van der Waals surface area contributed by atoms with Gasteiger partial charge in [0.25, 0.3) is 0 Å². The number of hydrogen-bond donors (Lipinski definition) is 0. The quantitative estimate of drug-likeness (QED) is 0.782. The SMILES string of the molecule is Cc1nnc(CN(C)[C@@H]2CCN(CCCc3ccccc3)C2)n1C. The summed E-state index contributed by atoms with van der Waals surface area (Å²) in [7, 11) is 4.26. The van der Waals surface area contributed by atoms with E-state index in [-0.39, 0.29) is 0 Å². The molecule has 0 unspecified atom stereocenters. The summed E-state index contributed by atoms with van der Waals surface area (Å²) in [5, 5.41) is 8.44. The number of nitrogens with zero attached hydrogens (tertiary/aromatic N) is 5. The van der Waals surface area contributed by atoms with Gasteiger partial charge >= 0.3 is 0 Å². The second-order valence-corrected chi connectivity index (χ2v) is 6.97. The minimum Gasteiger partial charge on any atom is -0.317 e. The summed E-state index contributed by atoms with van der Waals surface area (Å²) in [6.07, 6.45) is 3.66. The molecule has 2 heterocycles. The van der Waals surface area contributed by atoms with E-state index in [1.54, 1.807) is 0 Å². The van der Waals surface area contributed by atoms with Crippen molar-refractivity contribution in [1.82, 2.24) is 24.6 Å². The minimum absolute atomic E-state index is 0.624. The van der Waals surface area contributed by atoms with E-state index in [2.05, 4.69) is 61.9 Å². The van der Waals surface area contributed by atoms with Gasteiger partial charge in [0.1, 0.15) is 11.6 Å². The molecular weight excluding hydrogens is 298 g/mol. The van der Waals surface area contributed by atoms with Gasteiger partial charge < -0.3 is 9.47 Å². The maximum Gasteiger partial charge on any atom is 0.146 e. The lowest BCUT2D eigenvalue weighted by Gasteiger charge is -2.24. The standard InChI is InChI=1S/C19H29N5/c1-16-20-21-19(23(16)3)15-22(2)18-11-13-24(14-18)12-7-10-17-8-5-4-6-9-17/h4-6,8-9,18H,7,10-15H2,1-3H3/t18-/m1/s1. The van der Waals surface area contributed by atoms with Gasteiger partial charge in [-0.15, -0.1) is 10.2 Å². The van der Waals surface area contributed by atoms with Crippen LogP contribution in [-0.2, 0) is 20.0 Å². The van der Waals surface area contributed by atoms with Crippen molar-refractivity contribution in [2.45, 2.75) is 38.8 Å². The largest absolute Gasteiger partial charge is 0.317 e. The molecule has 1 aliphatic rings. The van der Waals surface area contributed by atoms with E-state index in [1.807, 2.05) is 14.0 Å². The summed E-state index contributed by atoms with van der Waals surface area (Å²) in [5.74, 6) is 2.03. The Bertz CT molecular complexity index is 636. The summed E-state index contributed by atoms with van der Waals surface area (Å²) >= 11 is 0. The highest BCUT2D eigenvalue weighted by atomic mass is 15.3. The molecule has 0 radical (unpaired) electrons. The van der Waals surface area contributed by atoms with Crippen LogP contribution in [0.2, 0.25) is 0 Å². The average molecular weight is 327 g/mol. The molecule has 2 aromatic rings. The lowest BCUT2D eigenvalue weighted by Crippen LogP contribution is -2.35. The van der Waals surface area contributed by atoms with Crippen molar-refractivity contribution >= 4 is 0 Å². The van der Waals surface area contributed by atoms with Gasteiger partial charge in [0, 0.05) is 19.6 Å². The number of rotatable bonds is 7. The highest BCUT2D eigenvalue weighted by Crippen LogP contribution is 2.17. The summed E-state index contributed by atoms with van der Waals surface area (Å²) in [6, 6.07) is 11.4. The summed E-state index contributed by atoms with van der Waals surface area (Å²) in [4.78, 5) is 5.03. The molecule has 130 valence electrons. The fraction of sp³-hybridized carbons (Fsp3) is 0.579. The second-order valence-electron chi connectivity index (χ2n) is 6.97. The van der Waals surface area contributed by atoms with E-state index in [4.69, 9.17) is 0 Å². The Hall–Kier alpha value is -1.72. The monoisotopic (exact) mass is 327 g/mol. The second kappa shape index (κ2) is 7.90. The van der Waals surface area contributed by atoms with Crippen molar-refractivity contribution in [2.24, 2.45) is 7.05 Å². The highest BCUT2D eigenvalue weighted by Gasteiger charge is 2.26. The van der Waals surface area contributed by atoms with E-state index in [9.17, 15) is 0 Å². The van der Waals surface area contributed by atoms with Gasteiger partial charge in [-0.2, -0.15) is 0 Å². The number of aryl methyl sites for hydroxylation is 2. The molecule has 0 amide bonds. The van der Waals surface area contributed by atoms with E-state index < -0.39 is 0 Å². The smallest absolute Gasteiger partial charge is 0.146 e. The van der Waals surface area contributed by atoms with Crippen LogP contribution in [0.4, 0.5) is 0 Å². The Morgan fingerprint density at radius 1 is 1.21 bits per heavy atom. The zero-order valence-electron chi connectivity index (χ0n) is 15.1. The summed E-state index contributed by atoms with van der Waals surface area (Å²) < 4.78 is 2.09. The molecule has 1 aromatic heterocycles. The van der Waals surface area contributed by atoms with Crippen molar-refractivity contribution < 1.29 is 0 Å². The van der Waals surface area contributed by atoms with Crippen molar-refractivity contribution in [1.29, 1.82) is 0 Å². The fourth-order valence-electron chi connectivity index (χ4n) is 3.47. The van der Waals surface area contributed by atoms with E-state index >= 15 is 0 Å². The van der Waals surface area contributed by atoms with Gasteiger partial charge in [0.05, 0.1) is 6.54 Å². The van der Waals surface area contributed by atoms with Crippen molar-refractivity contribution in [3.63, 3.8) is 0 Å². The molecule has 0 bridgehead atoms. The summed E-state index contributed by atoms with van der Waals surface area (Å²) in [5.41, 5.74) is 1.45. The lowest BCUT2D eigenvalue weighted by atomic mass is 10.1. The molecule has 3 rings (SSSR count). The van der Waals surface area contributed by atoms with Crippen LogP contribution in [0.3, 0.4) is 0 Å². The molecule has 24 heavy (non-hydrogen) atoms. The van der Waals surface area contributed by atoms with E-state index in [0.717, 1.165) is 18.2 Å². The molecule has 1 atom stereocenters. The molecule has 5 nitrogen and oxygen atoms in total. The lowest BCUT2D eigenvalue weighted by molar-refractivity contribution is 0.218. The van der Waals surface area contributed by atoms with Crippen molar-refractivity contribution in [3.8, 4) is 0 Å². The minimum atomic E-state index is 0.624. The first-order valence-electron chi connectivity index (χ1n) is 8.95. The third kappa shape index (κ3) is 4.22. The van der Waals surface area contributed by atoms with Gasteiger partial charge in [0.2, 0.25) is 0 Å². The maximum atomic E-state index is 4.29. The van der Waals surface area contributed by atoms with Crippen LogP contribution in [0.15, 0.2) is 30.3 Å². The van der Waals surface area contributed by atoms with Gasteiger partial charge in [0.15, 0.2) is 0 Å². The molecule has 1 saturated heterocycles. The number of likely N-dealkylation sites (N-methyl/N-ethyl adjacent to an activating group) is 1. The van der Waals surface area contributed by atoms with Crippen LogP contribution in [-0.4, -0.2) is 57.3 Å². The third-order valence-corrected chi connectivity index (χ3v) is 5.23. The molecular formula is C19H29N5. The van der Waals surface area contributed by atoms with Gasteiger partial charge in [-0.05, 0) is 51.9 Å². The van der Waals surface area contributed by atoms with E-state index in [0.29, 0.717) is 6.04 Å². The van der Waals surface area contributed by atoms with Gasteiger partial charge in [-0.1, -0.05) is 30.3 Å². The Morgan fingerprint density at radius 2 is 2.00 bits per heavy atom. The number of aromatic nitrogens is 3. The first kappa shape index (κ1) is 17.1. The normalized spacial score (nSPS) is 18.6. The predicted molar refractivity (Wildman–Crippen MR) is 96.8 cm³/mol. The van der Waals surface area contributed by atoms with Crippen LogP contribution in [0, 0.1) is 6.92 Å². The molecule has 0 saturated carbocycles. The molecule has 0 aliphatic carbocycles. The van der Waals surface area contributed by atoms with E-state index in [1.165, 1.54) is 44.5 Å². The fourth-order valence-corrected chi connectivity index (χ4v) is 3.47. The molecule has 1 fully saturated rings. The first-order valence-corrected chi connectivity index (χ1v) is 8.95. The Labute approximate surface area is 145 Å². The number of benzene rings is 1. The first-order chi connectivity index (χ1) is 11.6. The van der Waals surface area contributed by atoms with Crippen LogP contribution >= 0.6 is 0 Å². The predicted octanol–water partition coefficient (Wildman–Crippen LogP) is 2.26. The molecule has 0 N–H and O–H groups in total. The Morgan fingerprint density at radius 3 is 2.71 bits per heavy atom.